The Morgan fingerprint density at radius 1 is 1.04 bits per heavy atom. The van der Waals surface area contributed by atoms with Gasteiger partial charge in [-0.2, -0.15) is 0 Å². The zero-order valence-corrected chi connectivity index (χ0v) is 15.1. The molecular formula is C22H24N2O2. The van der Waals surface area contributed by atoms with Gasteiger partial charge in [-0.05, 0) is 49.7 Å². The van der Waals surface area contributed by atoms with Crippen LogP contribution in [0, 0.1) is 0 Å². The smallest absolute Gasteiger partial charge is 0.194 e. The van der Waals surface area contributed by atoms with Gasteiger partial charge in [0.25, 0.3) is 0 Å². The number of aromatic nitrogens is 1. The topological polar surface area (TPSA) is 45.3 Å². The van der Waals surface area contributed by atoms with E-state index < -0.39 is 0 Å². The number of benzene rings is 2. The Morgan fingerprint density at radius 2 is 1.81 bits per heavy atom. The Labute approximate surface area is 153 Å². The van der Waals surface area contributed by atoms with Gasteiger partial charge in [0.1, 0.15) is 5.75 Å². The maximum absolute atomic E-state index is 13.4. The lowest BCUT2D eigenvalue weighted by Crippen LogP contribution is -2.31. The molecule has 0 radical (unpaired) electrons. The maximum Gasteiger partial charge on any atom is 0.194 e. The van der Waals surface area contributed by atoms with Crippen molar-refractivity contribution >= 4 is 10.9 Å². The molecule has 0 saturated carbocycles. The van der Waals surface area contributed by atoms with Gasteiger partial charge in [0.2, 0.25) is 0 Å². The molecule has 4 heteroatoms. The number of hydrogen-bond acceptors (Lipinski definition) is 3. The van der Waals surface area contributed by atoms with E-state index in [0.717, 1.165) is 35.4 Å². The third-order valence-electron chi connectivity index (χ3n) is 5.20. The Morgan fingerprint density at radius 3 is 2.54 bits per heavy atom. The van der Waals surface area contributed by atoms with E-state index in [-0.39, 0.29) is 5.43 Å². The summed E-state index contributed by atoms with van der Waals surface area (Å²) in [4.78, 5) is 19.3. The molecule has 0 aliphatic carbocycles. The molecule has 4 nitrogen and oxygen atoms in total. The van der Waals surface area contributed by atoms with E-state index in [4.69, 9.17) is 4.74 Å². The summed E-state index contributed by atoms with van der Waals surface area (Å²) < 4.78 is 5.32. The van der Waals surface area contributed by atoms with Crippen molar-refractivity contribution in [3.05, 3.63) is 64.3 Å². The first-order valence-electron chi connectivity index (χ1n) is 9.27. The summed E-state index contributed by atoms with van der Waals surface area (Å²) in [5, 5.41) is 0.691. The summed E-state index contributed by atoms with van der Waals surface area (Å²) in [6, 6.07) is 15.8. The van der Waals surface area contributed by atoms with Gasteiger partial charge in [-0.25, -0.2) is 0 Å². The summed E-state index contributed by atoms with van der Waals surface area (Å²) in [5.74, 6) is 0.708. The summed E-state index contributed by atoms with van der Waals surface area (Å²) in [5.41, 5.74) is 3.77. The molecule has 4 rings (SSSR count). The van der Waals surface area contributed by atoms with E-state index >= 15 is 0 Å². The minimum atomic E-state index is 0.0991. The second kappa shape index (κ2) is 7.34. The molecule has 0 amide bonds. The van der Waals surface area contributed by atoms with E-state index in [0.29, 0.717) is 17.7 Å². The van der Waals surface area contributed by atoms with Crippen LogP contribution in [0.15, 0.2) is 53.3 Å². The van der Waals surface area contributed by atoms with Crippen LogP contribution < -0.4 is 10.2 Å². The molecule has 2 heterocycles. The lowest BCUT2D eigenvalue weighted by atomic mass is 10.0. The minimum Gasteiger partial charge on any atom is -0.497 e. The first-order chi connectivity index (χ1) is 12.8. The molecule has 2 aromatic carbocycles. The summed E-state index contributed by atoms with van der Waals surface area (Å²) in [6.07, 6.45) is 3.70. The van der Waals surface area contributed by atoms with Crippen molar-refractivity contribution in [2.75, 3.05) is 20.2 Å². The number of aromatic amines is 1. The van der Waals surface area contributed by atoms with Crippen LogP contribution in [0.2, 0.25) is 0 Å². The molecule has 1 fully saturated rings. The number of nitrogens with zero attached hydrogens (tertiary/aromatic N) is 1. The van der Waals surface area contributed by atoms with Crippen molar-refractivity contribution in [2.45, 2.75) is 25.8 Å². The predicted molar refractivity (Wildman–Crippen MR) is 106 cm³/mol. The van der Waals surface area contributed by atoms with Crippen molar-refractivity contribution in [3.8, 4) is 17.0 Å². The van der Waals surface area contributed by atoms with E-state index in [1.54, 1.807) is 7.11 Å². The van der Waals surface area contributed by atoms with Crippen LogP contribution in [0.4, 0.5) is 0 Å². The molecule has 1 aromatic heterocycles. The van der Waals surface area contributed by atoms with Crippen LogP contribution in [0.5, 0.6) is 5.75 Å². The lowest BCUT2D eigenvalue weighted by Gasteiger charge is -2.27. The first kappa shape index (κ1) is 16.9. The van der Waals surface area contributed by atoms with Crippen LogP contribution in [0.25, 0.3) is 22.2 Å². The van der Waals surface area contributed by atoms with E-state index in [1.807, 2.05) is 36.4 Å². The quantitative estimate of drug-likeness (QED) is 0.769. The number of nitrogens with one attached hydrogen (secondary N) is 1. The van der Waals surface area contributed by atoms with Crippen molar-refractivity contribution in [3.63, 3.8) is 0 Å². The predicted octanol–water partition coefficient (Wildman–Crippen LogP) is 4.19. The molecule has 0 unspecified atom stereocenters. The standard InChI is InChI=1S/C22H24N2O2/c1-26-17-10-11-20-18(14-17)22(25)19(15-24-12-6-3-7-13-24)21(23-20)16-8-4-2-5-9-16/h2,4-5,8-11,14H,3,6-7,12-13,15H2,1H3,(H,23,25). The normalized spacial score (nSPS) is 15.3. The zero-order valence-electron chi connectivity index (χ0n) is 15.1. The molecule has 1 aliphatic heterocycles. The second-order valence-electron chi connectivity index (χ2n) is 6.92. The zero-order chi connectivity index (χ0) is 17.9. The van der Waals surface area contributed by atoms with E-state index in [9.17, 15) is 4.79 Å². The average molecular weight is 348 g/mol. The van der Waals surface area contributed by atoms with Crippen LogP contribution >= 0.6 is 0 Å². The van der Waals surface area contributed by atoms with Crippen LogP contribution in [-0.4, -0.2) is 30.1 Å². The number of ether oxygens (including phenoxy) is 1. The Hall–Kier alpha value is -2.59. The number of piperidine rings is 1. The average Bonchev–Trinajstić information content (AvgIpc) is 2.71. The highest BCUT2D eigenvalue weighted by Gasteiger charge is 2.18. The fourth-order valence-corrected chi connectivity index (χ4v) is 3.78. The Kier molecular flexibility index (Phi) is 4.76. The van der Waals surface area contributed by atoms with Gasteiger partial charge in [-0.15, -0.1) is 0 Å². The van der Waals surface area contributed by atoms with Gasteiger partial charge in [0, 0.05) is 17.5 Å². The molecule has 0 spiro atoms. The summed E-state index contributed by atoms with van der Waals surface area (Å²) in [6.45, 7) is 2.81. The van der Waals surface area contributed by atoms with E-state index in [2.05, 4.69) is 22.0 Å². The number of hydrogen-bond donors (Lipinski definition) is 1. The SMILES string of the molecule is COc1ccc2[nH]c(-c3ccccc3)c(CN3CCCCC3)c(=O)c2c1. The molecule has 1 aliphatic rings. The number of H-pyrrole nitrogens is 1. The van der Waals surface area contributed by atoms with E-state index in [1.165, 1.54) is 19.3 Å². The summed E-state index contributed by atoms with van der Waals surface area (Å²) in [7, 11) is 1.63. The first-order valence-corrected chi connectivity index (χ1v) is 9.27. The molecule has 134 valence electrons. The lowest BCUT2D eigenvalue weighted by molar-refractivity contribution is 0.220. The largest absolute Gasteiger partial charge is 0.497 e. The maximum atomic E-state index is 13.4. The van der Waals surface area contributed by atoms with Gasteiger partial charge in [-0.1, -0.05) is 36.8 Å². The molecule has 0 atom stereocenters. The van der Waals surface area contributed by atoms with Crippen molar-refractivity contribution < 1.29 is 4.74 Å². The third kappa shape index (κ3) is 3.25. The number of methoxy groups -OCH3 is 1. The minimum absolute atomic E-state index is 0.0991. The van der Waals surface area contributed by atoms with Crippen LogP contribution in [0.1, 0.15) is 24.8 Å². The molecular weight excluding hydrogens is 324 g/mol. The number of likely N-dealkylation sites (tertiary alicyclic amines) is 1. The van der Waals surface area contributed by atoms with Crippen LogP contribution in [-0.2, 0) is 6.54 Å². The van der Waals surface area contributed by atoms with Gasteiger partial charge >= 0.3 is 0 Å². The highest BCUT2D eigenvalue weighted by atomic mass is 16.5. The van der Waals surface area contributed by atoms with Gasteiger partial charge in [-0.3, -0.25) is 9.69 Å². The number of rotatable bonds is 4. The van der Waals surface area contributed by atoms with Gasteiger partial charge < -0.3 is 9.72 Å². The van der Waals surface area contributed by atoms with Crippen molar-refractivity contribution in [2.24, 2.45) is 0 Å². The van der Waals surface area contributed by atoms with Crippen molar-refractivity contribution in [1.29, 1.82) is 0 Å². The number of pyridine rings is 1. The second-order valence-corrected chi connectivity index (χ2v) is 6.92. The summed E-state index contributed by atoms with van der Waals surface area (Å²) >= 11 is 0. The molecule has 1 saturated heterocycles. The van der Waals surface area contributed by atoms with Crippen molar-refractivity contribution in [1.82, 2.24) is 9.88 Å². The Bertz CT molecular complexity index is 957. The molecule has 1 N–H and O–H groups in total. The third-order valence-corrected chi connectivity index (χ3v) is 5.20. The van der Waals surface area contributed by atoms with Gasteiger partial charge in [0.05, 0.1) is 18.3 Å². The Balaban J connectivity index is 1.89. The number of fused-ring (bicyclic) bond motifs is 1. The highest BCUT2D eigenvalue weighted by Crippen LogP contribution is 2.26. The fourth-order valence-electron chi connectivity index (χ4n) is 3.78. The van der Waals surface area contributed by atoms with Gasteiger partial charge in [0.15, 0.2) is 5.43 Å². The highest BCUT2D eigenvalue weighted by molar-refractivity contribution is 5.84. The monoisotopic (exact) mass is 348 g/mol. The molecule has 3 aromatic rings. The molecule has 0 bridgehead atoms. The molecule has 26 heavy (non-hydrogen) atoms. The van der Waals surface area contributed by atoms with Crippen LogP contribution in [0.3, 0.4) is 0 Å². The fraction of sp³-hybridized carbons (Fsp3) is 0.318.